The quantitative estimate of drug-likeness (QED) is 0.721. The average Bonchev–Trinajstić information content (AvgIpc) is 2.76. The zero-order valence-electron chi connectivity index (χ0n) is 16.0. The molecule has 0 radical (unpaired) electrons. The molecule has 0 amide bonds. The van der Waals surface area contributed by atoms with E-state index in [1.165, 1.54) is 5.56 Å². The summed E-state index contributed by atoms with van der Waals surface area (Å²) in [6.07, 6.45) is 2.28. The highest BCUT2D eigenvalue weighted by Gasteiger charge is 2.24. The Kier molecular flexibility index (Phi) is 5.30. The van der Waals surface area contributed by atoms with Gasteiger partial charge in [-0.2, -0.15) is 5.26 Å². The van der Waals surface area contributed by atoms with Gasteiger partial charge in [0.15, 0.2) is 0 Å². The van der Waals surface area contributed by atoms with Gasteiger partial charge >= 0.3 is 5.69 Å². The fourth-order valence-corrected chi connectivity index (χ4v) is 4.05. The smallest absolute Gasteiger partial charge is 0.327 e. The number of nitrogens with zero attached hydrogens (tertiary/aromatic N) is 2. The highest BCUT2D eigenvalue weighted by atomic mass is 16.2. The highest BCUT2D eigenvalue weighted by Crippen LogP contribution is 2.30. The second kappa shape index (κ2) is 8.19. The third kappa shape index (κ3) is 4.14. The van der Waals surface area contributed by atoms with Crippen molar-refractivity contribution in [2.75, 3.05) is 18.0 Å². The van der Waals surface area contributed by atoms with E-state index in [0.29, 0.717) is 29.3 Å². The predicted molar refractivity (Wildman–Crippen MR) is 112 cm³/mol. The van der Waals surface area contributed by atoms with Crippen molar-refractivity contribution in [1.82, 2.24) is 9.97 Å². The van der Waals surface area contributed by atoms with Crippen molar-refractivity contribution < 1.29 is 0 Å². The Morgan fingerprint density at radius 3 is 2.48 bits per heavy atom. The van der Waals surface area contributed by atoms with Crippen molar-refractivity contribution in [1.29, 1.82) is 5.26 Å². The van der Waals surface area contributed by atoms with Crippen molar-refractivity contribution in [2.24, 2.45) is 0 Å². The normalized spacial score (nSPS) is 14.5. The molecule has 0 aliphatic carbocycles. The van der Waals surface area contributed by atoms with Gasteiger partial charge in [0, 0.05) is 19.5 Å². The summed E-state index contributed by atoms with van der Waals surface area (Å²) in [4.78, 5) is 31.8. The lowest BCUT2D eigenvalue weighted by atomic mass is 9.89. The van der Waals surface area contributed by atoms with Crippen molar-refractivity contribution in [2.45, 2.75) is 25.2 Å². The van der Waals surface area contributed by atoms with Gasteiger partial charge in [-0.15, -0.1) is 0 Å². The fourth-order valence-electron chi connectivity index (χ4n) is 4.05. The third-order valence-corrected chi connectivity index (χ3v) is 5.54. The van der Waals surface area contributed by atoms with Crippen LogP contribution >= 0.6 is 0 Å². The van der Waals surface area contributed by atoms with Crippen LogP contribution in [0.5, 0.6) is 0 Å². The van der Waals surface area contributed by atoms with E-state index in [0.717, 1.165) is 31.5 Å². The minimum atomic E-state index is -0.496. The number of anilines is 1. The van der Waals surface area contributed by atoms with E-state index in [9.17, 15) is 9.59 Å². The first-order valence-corrected chi connectivity index (χ1v) is 9.78. The Hall–Kier alpha value is -3.59. The van der Waals surface area contributed by atoms with Gasteiger partial charge in [0.05, 0.1) is 17.2 Å². The summed E-state index contributed by atoms with van der Waals surface area (Å²) < 4.78 is 0. The van der Waals surface area contributed by atoms with Crippen molar-refractivity contribution in [3.63, 3.8) is 0 Å². The zero-order valence-corrected chi connectivity index (χ0v) is 16.0. The maximum atomic E-state index is 12.6. The SMILES string of the molecule is N#Cc1cccc(Cc2c(N3CCC(c4ccccc4)CC3)[nH]c(=O)[nH]c2=O)c1. The summed E-state index contributed by atoms with van der Waals surface area (Å²) in [6, 6.07) is 19.8. The first-order valence-electron chi connectivity index (χ1n) is 9.78. The number of aromatic amines is 2. The van der Waals surface area contributed by atoms with Gasteiger partial charge < -0.3 is 4.90 Å². The highest BCUT2D eigenvalue weighted by molar-refractivity contribution is 5.49. The molecule has 0 bridgehead atoms. The lowest BCUT2D eigenvalue weighted by Gasteiger charge is -2.34. The lowest BCUT2D eigenvalue weighted by molar-refractivity contribution is 0.501. The summed E-state index contributed by atoms with van der Waals surface area (Å²) in [5.41, 5.74) is 2.40. The molecule has 1 aromatic heterocycles. The maximum Gasteiger partial charge on any atom is 0.327 e. The molecular weight excluding hydrogens is 364 g/mol. The van der Waals surface area contributed by atoms with E-state index in [1.54, 1.807) is 18.2 Å². The van der Waals surface area contributed by atoms with Crippen LogP contribution in [-0.4, -0.2) is 23.1 Å². The van der Waals surface area contributed by atoms with Crippen LogP contribution in [0, 0.1) is 11.3 Å². The van der Waals surface area contributed by atoms with Gasteiger partial charge in [-0.05, 0) is 42.0 Å². The molecule has 146 valence electrons. The average molecular weight is 386 g/mol. The molecule has 1 aliphatic rings. The van der Waals surface area contributed by atoms with E-state index >= 15 is 0 Å². The molecule has 1 fully saturated rings. The van der Waals surface area contributed by atoms with Crippen LogP contribution in [-0.2, 0) is 6.42 Å². The van der Waals surface area contributed by atoms with Crippen LogP contribution in [0.2, 0.25) is 0 Å². The summed E-state index contributed by atoms with van der Waals surface area (Å²) in [5, 5.41) is 9.12. The maximum absolute atomic E-state index is 12.6. The van der Waals surface area contributed by atoms with Crippen LogP contribution in [0.1, 0.15) is 41.0 Å². The van der Waals surface area contributed by atoms with Crippen LogP contribution < -0.4 is 16.1 Å². The van der Waals surface area contributed by atoms with Gasteiger partial charge in [0.2, 0.25) is 0 Å². The van der Waals surface area contributed by atoms with E-state index in [-0.39, 0.29) is 5.56 Å². The summed E-state index contributed by atoms with van der Waals surface area (Å²) in [6.45, 7) is 1.54. The molecule has 0 atom stereocenters. The molecule has 6 nitrogen and oxygen atoms in total. The van der Waals surface area contributed by atoms with Crippen LogP contribution in [0.3, 0.4) is 0 Å². The van der Waals surface area contributed by atoms with Gasteiger partial charge in [0.1, 0.15) is 5.82 Å². The molecule has 2 heterocycles. The largest absolute Gasteiger partial charge is 0.358 e. The fraction of sp³-hybridized carbons (Fsp3) is 0.261. The van der Waals surface area contributed by atoms with Gasteiger partial charge in [0.25, 0.3) is 5.56 Å². The number of H-pyrrole nitrogens is 2. The molecule has 2 aromatic carbocycles. The van der Waals surface area contributed by atoms with Gasteiger partial charge in [-0.25, -0.2) is 4.79 Å². The number of piperidine rings is 1. The van der Waals surface area contributed by atoms with E-state index in [2.05, 4.69) is 45.2 Å². The minimum absolute atomic E-state index is 0.357. The number of rotatable bonds is 4. The monoisotopic (exact) mass is 386 g/mol. The Morgan fingerprint density at radius 2 is 1.76 bits per heavy atom. The van der Waals surface area contributed by atoms with Crippen molar-refractivity contribution in [3.05, 3.63) is 97.7 Å². The first kappa shape index (κ1) is 18.8. The molecule has 6 heteroatoms. The summed E-state index contributed by atoms with van der Waals surface area (Å²) in [5.74, 6) is 1.07. The minimum Gasteiger partial charge on any atom is -0.358 e. The predicted octanol–water partition coefficient (Wildman–Crippen LogP) is 2.91. The van der Waals surface area contributed by atoms with Gasteiger partial charge in [-0.3, -0.25) is 14.8 Å². The molecule has 0 saturated carbocycles. The second-order valence-electron chi connectivity index (χ2n) is 7.40. The summed E-state index contributed by atoms with van der Waals surface area (Å²) >= 11 is 0. The Labute approximate surface area is 168 Å². The van der Waals surface area contributed by atoms with Crippen molar-refractivity contribution >= 4 is 5.82 Å². The van der Waals surface area contributed by atoms with Crippen LogP contribution in [0.15, 0.2) is 64.2 Å². The van der Waals surface area contributed by atoms with E-state index in [4.69, 9.17) is 5.26 Å². The third-order valence-electron chi connectivity index (χ3n) is 5.54. The molecule has 2 N–H and O–H groups in total. The Bertz CT molecular complexity index is 1150. The molecule has 4 rings (SSSR count). The molecule has 1 aliphatic heterocycles. The number of benzene rings is 2. The van der Waals surface area contributed by atoms with E-state index < -0.39 is 5.69 Å². The number of hydrogen-bond donors (Lipinski definition) is 2. The molecule has 1 saturated heterocycles. The first-order chi connectivity index (χ1) is 14.1. The number of hydrogen-bond acceptors (Lipinski definition) is 4. The van der Waals surface area contributed by atoms with Gasteiger partial charge in [-0.1, -0.05) is 42.5 Å². The van der Waals surface area contributed by atoms with Crippen molar-refractivity contribution in [3.8, 4) is 6.07 Å². The van der Waals surface area contributed by atoms with E-state index in [1.807, 2.05) is 12.1 Å². The zero-order chi connectivity index (χ0) is 20.2. The number of nitrogens with one attached hydrogen (secondary N) is 2. The lowest BCUT2D eigenvalue weighted by Crippen LogP contribution is -2.38. The Morgan fingerprint density at radius 1 is 1.00 bits per heavy atom. The molecule has 0 unspecified atom stereocenters. The van der Waals surface area contributed by atoms with Crippen LogP contribution in [0.4, 0.5) is 5.82 Å². The molecule has 0 spiro atoms. The molecular formula is C23H22N4O2. The number of nitriles is 1. The van der Waals surface area contributed by atoms with Crippen LogP contribution in [0.25, 0.3) is 0 Å². The molecule has 29 heavy (non-hydrogen) atoms. The summed E-state index contributed by atoms with van der Waals surface area (Å²) in [7, 11) is 0. The molecule has 3 aromatic rings. The second-order valence-corrected chi connectivity index (χ2v) is 7.40. The number of aromatic nitrogens is 2. The standard InChI is InChI=1S/C23H22N4O2/c24-15-17-6-4-5-16(13-17)14-20-21(25-23(29)26-22(20)28)27-11-9-19(10-12-27)18-7-2-1-3-8-18/h1-8,13,19H,9-12,14H2,(H2,25,26,28,29). The topological polar surface area (TPSA) is 92.8 Å². The Balaban J connectivity index is 1.60.